The zero-order chi connectivity index (χ0) is 12.4. The third-order valence-corrected chi connectivity index (χ3v) is 3.57. The molecule has 1 saturated heterocycles. The minimum absolute atomic E-state index is 0.457. The molecular weight excluding hydrogens is 212 g/mol. The molecule has 2 heterocycles. The van der Waals surface area contributed by atoms with E-state index in [0.717, 1.165) is 24.7 Å². The predicted molar refractivity (Wildman–Crippen MR) is 66.6 cm³/mol. The van der Waals surface area contributed by atoms with E-state index in [0.29, 0.717) is 17.6 Å². The van der Waals surface area contributed by atoms with E-state index < -0.39 is 0 Å². The molecule has 0 radical (unpaired) electrons. The highest BCUT2D eigenvalue weighted by Gasteiger charge is 2.24. The normalized spacial score (nSPS) is 24.5. The summed E-state index contributed by atoms with van der Waals surface area (Å²) in [6.07, 6.45) is 1.17. The largest absolute Gasteiger partial charge is 0.340 e. The fraction of sp³-hybridized carbons (Fsp3) is 0.615. The fourth-order valence-electron chi connectivity index (χ4n) is 2.20. The number of aromatic nitrogens is 2. The number of hydrogen-bond donors (Lipinski definition) is 0. The average molecular weight is 230 g/mol. The zero-order valence-electron chi connectivity index (χ0n) is 10.6. The second-order valence-corrected chi connectivity index (χ2v) is 5.00. The van der Waals surface area contributed by atoms with E-state index >= 15 is 0 Å². The molecule has 4 nitrogen and oxygen atoms in total. The lowest BCUT2D eigenvalue weighted by Gasteiger charge is -2.35. The molecule has 17 heavy (non-hydrogen) atoms. The summed E-state index contributed by atoms with van der Waals surface area (Å²) in [5.74, 6) is 2.12. The van der Waals surface area contributed by atoms with Gasteiger partial charge in [-0.2, -0.15) is 5.26 Å². The number of nitriles is 1. The maximum Gasteiger partial charge on any atom is 0.226 e. The molecule has 2 unspecified atom stereocenters. The molecular formula is C13H18N4. The van der Waals surface area contributed by atoms with E-state index in [1.54, 1.807) is 6.07 Å². The van der Waals surface area contributed by atoms with E-state index in [4.69, 9.17) is 5.26 Å². The molecule has 90 valence electrons. The van der Waals surface area contributed by atoms with Crippen molar-refractivity contribution in [3.63, 3.8) is 0 Å². The van der Waals surface area contributed by atoms with Crippen molar-refractivity contribution in [2.24, 2.45) is 11.8 Å². The number of piperidine rings is 1. The predicted octanol–water partition coefficient (Wildman–Crippen LogP) is 2.14. The zero-order valence-corrected chi connectivity index (χ0v) is 10.6. The lowest BCUT2D eigenvalue weighted by Crippen LogP contribution is -2.39. The quantitative estimate of drug-likeness (QED) is 0.741. The molecule has 2 atom stereocenters. The number of anilines is 1. The number of aryl methyl sites for hydroxylation is 1. The van der Waals surface area contributed by atoms with Gasteiger partial charge in [0.1, 0.15) is 11.8 Å². The Morgan fingerprint density at radius 2 is 2.12 bits per heavy atom. The van der Waals surface area contributed by atoms with Crippen molar-refractivity contribution in [1.29, 1.82) is 5.26 Å². The van der Waals surface area contributed by atoms with E-state index in [2.05, 4.69) is 34.8 Å². The van der Waals surface area contributed by atoms with Gasteiger partial charge in [-0.25, -0.2) is 9.97 Å². The maximum atomic E-state index is 8.92. The molecule has 0 saturated carbocycles. The van der Waals surface area contributed by atoms with E-state index in [-0.39, 0.29) is 0 Å². The molecule has 1 aromatic heterocycles. The van der Waals surface area contributed by atoms with Crippen molar-refractivity contribution >= 4 is 5.95 Å². The first-order valence-electron chi connectivity index (χ1n) is 6.11. The van der Waals surface area contributed by atoms with Gasteiger partial charge in [-0.15, -0.1) is 0 Å². The second-order valence-electron chi connectivity index (χ2n) is 5.00. The molecule has 0 N–H and O–H groups in total. The van der Waals surface area contributed by atoms with Crippen molar-refractivity contribution < 1.29 is 0 Å². The summed E-state index contributed by atoms with van der Waals surface area (Å²) in [5, 5.41) is 8.92. The highest BCUT2D eigenvalue weighted by molar-refractivity contribution is 5.36. The van der Waals surface area contributed by atoms with Crippen molar-refractivity contribution in [3.05, 3.63) is 17.5 Å². The van der Waals surface area contributed by atoms with Crippen LogP contribution in [0.2, 0.25) is 0 Å². The Morgan fingerprint density at radius 1 is 1.35 bits per heavy atom. The van der Waals surface area contributed by atoms with Crippen LogP contribution in [-0.2, 0) is 0 Å². The van der Waals surface area contributed by atoms with Crippen LogP contribution in [0.4, 0.5) is 5.95 Å². The molecule has 0 aliphatic carbocycles. The van der Waals surface area contributed by atoms with Gasteiger partial charge < -0.3 is 4.90 Å². The van der Waals surface area contributed by atoms with Crippen molar-refractivity contribution in [2.45, 2.75) is 27.2 Å². The monoisotopic (exact) mass is 230 g/mol. The summed E-state index contributed by atoms with van der Waals surface area (Å²) in [7, 11) is 0. The minimum Gasteiger partial charge on any atom is -0.340 e. The molecule has 0 amide bonds. The average Bonchev–Trinajstić information content (AvgIpc) is 2.32. The van der Waals surface area contributed by atoms with Gasteiger partial charge in [-0.3, -0.25) is 0 Å². The van der Waals surface area contributed by atoms with Crippen LogP contribution in [0.25, 0.3) is 0 Å². The molecule has 1 aliphatic rings. The summed E-state index contributed by atoms with van der Waals surface area (Å²) in [6, 6.07) is 3.81. The van der Waals surface area contributed by atoms with Crippen LogP contribution in [0.5, 0.6) is 0 Å². The fourth-order valence-corrected chi connectivity index (χ4v) is 2.20. The van der Waals surface area contributed by atoms with E-state index in [9.17, 15) is 0 Å². The smallest absolute Gasteiger partial charge is 0.226 e. The molecule has 0 aromatic carbocycles. The number of rotatable bonds is 1. The van der Waals surface area contributed by atoms with Crippen LogP contribution in [0.3, 0.4) is 0 Å². The molecule has 1 aliphatic heterocycles. The van der Waals surface area contributed by atoms with Gasteiger partial charge in [0.2, 0.25) is 5.95 Å². The maximum absolute atomic E-state index is 8.92. The molecule has 0 spiro atoms. The van der Waals surface area contributed by atoms with Crippen LogP contribution in [-0.4, -0.2) is 23.1 Å². The SMILES string of the molecule is Cc1cc(C#N)nc(N2CCC(C)C(C)C2)n1. The van der Waals surface area contributed by atoms with E-state index in [1.165, 1.54) is 6.42 Å². The molecule has 0 bridgehead atoms. The Hall–Kier alpha value is -1.63. The number of nitrogens with zero attached hydrogens (tertiary/aromatic N) is 4. The highest BCUT2D eigenvalue weighted by Crippen LogP contribution is 2.25. The molecule has 1 aromatic rings. The Balaban J connectivity index is 2.23. The van der Waals surface area contributed by atoms with Crippen molar-refractivity contribution in [1.82, 2.24) is 9.97 Å². The van der Waals surface area contributed by atoms with Gasteiger partial charge in [-0.1, -0.05) is 13.8 Å². The summed E-state index contributed by atoms with van der Waals surface area (Å²) < 4.78 is 0. The topological polar surface area (TPSA) is 52.8 Å². The Labute approximate surface area is 102 Å². The summed E-state index contributed by atoms with van der Waals surface area (Å²) in [5.41, 5.74) is 1.32. The lowest BCUT2D eigenvalue weighted by atomic mass is 9.89. The number of hydrogen-bond acceptors (Lipinski definition) is 4. The van der Waals surface area contributed by atoms with Crippen LogP contribution in [0, 0.1) is 30.1 Å². The van der Waals surface area contributed by atoms with Crippen LogP contribution < -0.4 is 4.90 Å². The van der Waals surface area contributed by atoms with Gasteiger partial charge in [0.25, 0.3) is 0 Å². The lowest BCUT2D eigenvalue weighted by molar-refractivity contribution is 0.321. The first kappa shape index (κ1) is 11.8. The summed E-state index contributed by atoms with van der Waals surface area (Å²) in [6.45, 7) is 8.43. The molecule has 2 rings (SSSR count). The Bertz CT molecular complexity index is 449. The molecule has 1 fully saturated rings. The Morgan fingerprint density at radius 3 is 2.76 bits per heavy atom. The third kappa shape index (κ3) is 2.55. The first-order valence-corrected chi connectivity index (χ1v) is 6.11. The van der Waals surface area contributed by atoms with Gasteiger partial charge in [-0.05, 0) is 31.2 Å². The summed E-state index contributed by atoms with van der Waals surface area (Å²) in [4.78, 5) is 10.9. The Kier molecular flexibility index (Phi) is 3.28. The third-order valence-electron chi connectivity index (χ3n) is 3.57. The van der Waals surface area contributed by atoms with Gasteiger partial charge in [0.15, 0.2) is 0 Å². The van der Waals surface area contributed by atoms with Gasteiger partial charge in [0, 0.05) is 18.8 Å². The van der Waals surface area contributed by atoms with Crippen molar-refractivity contribution in [3.8, 4) is 6.07 Å². The first-order chi connectivity index (χ1) is 8.10. The van der Waals surface area contributed by atoms with Gasteiger partial charge >= 0.3 is 0 Å². The van der Waals surface area contributed by atoms with Crippen LogP contribution >= 0.6 is 0 Å². The van der Waals surface area contributed by atoms with E-state index in [1.807, 2.05) is 6.92 Å². The van der Waals surface area contributed by atoms with Crippen LogP contribution in [0.1, 0.15) is 31.7 Å². The van der Waals surface area contributed by atoms with Crippen molar-refractivity contribution in [2.75, 3.05) is 18.0 Å². The minimum atomic E-state index is 0.457. The van der Waals surface area contributed by atoms with Gasteiger partial charge in [0.05, 0.1) is 0 Å². The molecule has 4 heteroatoms. The van der Waals surface area contributed by atoms with Crippen LogP contribution in [0.15, 0.2) is 6.07 Å². The second kappa shape index (κ2) is 4.70. The highest BCUT2D eigenvalue weighted by atomic mass is 15.3. The standard InChI is InChI=1S/C13H18N4/c1-9-4-5-17(8-10(9)2)13-15-11(3)6-12(7-14)16-13/h6,9-10H,4-5,8H2,1-3H3. The summed E-state index contributed by atoms with van der Waals surface area (Å²) >= 11 is 0.